The molecule has 0 fully saturated rings. The minimum Gasteiger partial charge on any atom is -0.449 e. The third kappa shape index (κ3) is 5.23. The topological polar surface area (TPSA) is 58.6 Å². The van der Waals surface area contributed by atoms with E-state index in [1.807, 2.05) is 12.1 Å². The molecule has 0 aromatic heterocycles. The number of nitrogens with zero attached hydrogens (tertiary/aromatic N) is 1. The molecule has 0 saturated heterocycles. The molecule has 5 nitrogen and oxygen atoms in total. The Morgan fingerprint density at radius 1 is 1.12 bits per heavy atom. The predicted octanol–water partition coefficient (Wildman–Crippen LogP) is 4.37. The highest BCUT2D eigenvalue weighted by Gasteiger charge is 2.19. The van der Waals surface area contributed by atoms with E-state index >= 15 is 0 Å². The van der Waals surface area contributed by atoms with Crippen LogP contribution in [0.1, 0.15) is 31.1 Å². The second-order valence-electron chi connectivity index (χ2n) is 5.77. The Hall–Kier alpha value is -2.53. The van der Waals surface area contributed by atoms with Crippen molar-refractivity contribution in [2.45, 2.75) is 26.9 Å². The maximum absolute atomic E-state index is 12.2. The van der Waals surface area contributed by atoms with Crippen molar-refractivity contribution in [3.63, 3.8) is 0 Å². The first kappa shape index (κ1) is 19.8. The van der Waals surface area contributed by atoms with Crippen LogP contribution in [0.25, 0.3) is 0 Å². The van der Waals surface area contributed by atoms with Crippen LogP contribution in [0, 0.1) is 0 Å². The van der Waals surface area contributed by atoms with Crippen LogP contribution in [0.3, 0.4) is 0 Å². The summed E-state index contributed by atoms with van der Waals surface area (Å²) in [5.74, 6) is -0.954. The van der Waals surface area contributed by atoms with Crippen molar-refractivity contribution in [1.29, 1.82) is 0 Å². The second kappa shape index (κ2) is 9.25. The van der Waals surface area contributed by atoms with Crippen molar-refractivity contribution in [2.75, 3.05) is 23.3 Å². The summed E-state index contributed by atoms with van der Waals surface area (Å²) >= 11 is 5.89. The van der Waals surface area contributed by atoms with Gasteiger partial charge in [-0.3, -0.25) is 4.79 Å². The first-order chi connectivity index (χ1) is 12.4. The molecule has 26 heavy (non-hydrogen) atoms. The smallest absolute Gasteiger partial charge is 0.338 e. The highest BCUT2D eigenvalue weighted by Crippen LogP contribution is 2.17. The van der Waals surface area contributed by atoms with Crippen LogP contribution >= 0.6 is 11.6 Å². The maximum atomic E-state index is 12.2. The molecule has 2 rings (SSSR count). The van der Waals surface area contributed by atoms with E-state index in [1.165, 1.54) is 6.92 Å². The third-order valence-corrected chi connectivity index (χ3v) is 4.21. The molecule has 0 bridgehead atoms. The number of carbonyl (C=O) groups is 2. The van der Waals surface area contributed by atoms with E-state index in [0.29, 0.717) is 16.3 Å². The molecule has 0 unspecified atom stereocenters. The molecular formula is C20H23ClN2O3. The lowest BCUT2D eigenvalue weighted by Crippen LogP contribution is -2.30. The molecule has 0 radical (unpaired) electrons. The van der Waals surface area contributed by atoms with Gasteiger partial charge < -0.3 is 15.0 Å². The van der Waals surface area contributed by atoms with Crippen molar-refractivity contribution in [2.24, 2.45) is 0 Å². The Labute approximate surface area is 158 Å². The fourth-order valence-electron chi connectivity index (χ4n) is 2.49. The van der Waals surface area contributed by atoms with Gasteiger partial charge in [0, 0.05) is 29.5 Å². The van der Waals surface area contributed by atoms with Crippen LogP contribution in [-0.4, -0.2) is 31.1 Å². The second-order valence-corrected chi connectivity index (χ2v) is 6.20. The van der Waals surface area contributed by atoms with Gasteiger partial charge in [-0.05, 0) is 63.2 Å². The number of ether oxygens (including phenoxy) is 1. The van der Waals surface area contributed by atoms with Crippen LogP contribution in [-0.2, 0) is 9.53 Å². The molecule has 0 spiro atoms. The SMILES string of the molecule is CCN(CC)c1ccc(C(=O)O[C@H](C)C(=O)Nc2cccc(Cl)c2)cc1. The molecular weight excluding hydrogens is 352 g/mol. The normalized spacial score (nSPS) is 11.5. The van der Waals surface area contributed by atoms with Crippen LogP contribution < -0.4 is 10.2 Å². The number of hydrogen-bond acceptors (Lipinski definition) is 4. The van der Waals surface area contributed by atoms with Gasteiger partial charge in [0.15, 0.2) is 6.10 Å². The molecule has 138 valence electrons. The lowest BCUT2D eigenvalue weighted by Gasteiger charge is -2.21. The van der Waals surface area contributed by atoms with Crippen molar-refractivity contribution in [1.82, 2.24) is 0 Å². The Morgan fingerprint density at radius 2 is 1.77 bits per heavy atom. The van der Waals surface area contributed by atoms with E-state index in [1.54, 1.807) is 36.4 Å². The molecule has 0 saturated carbocycles. The fourth-order valence-corrected chi connectivity index (χ4v) is 2.68. The molecule has 0 heterocycles. The lowest BCUT2D eigenvalue weighted by molar-refractivity contribution is -0.123. The lowest BCUT2D eigenvalue weighted by atomic mass is 10.2. The molecule has 1 amide bonds. The number of amides is 1. The fraction of sp³-hybridized carbons (Fsp3) is 0.300. The summed E-state index contributed by atoms with van der Waals surface area (Å²) in [5.41, 5.74) is 2.00. The number of rotatable bonds is 7. The van der Waals surface area contributed by atoms with E-state index in [9.17, 15) is 9.59 Å². The predicted molar refractivity (Wildman–Crippen MR) is 105 cm³/mol. The number of hydrogen-bond donors (Lipinski definition) is 1. The van der Waals surface area contributed by atoms with E-state index < -0.39 is 18.0 Å². The molecule has 0 aliphatic rings. The van der Waals surface area contributed by atoms with Gasteiger partial charge in [-0.25, -0.2) is 4.79 Å². The standard InChI is InChI=1S/C20H23ClN2O3/c1-4-23(5-2)18-11-9-15(10-12-18)20(25)26-14(3)19(24)22-17-8-6-7-16(21)13-17/h6-14H,4-5H2,1-3H3,(H,22,24)/t14-/m1/s1. The van der Waals surface area contributed by atoms with Gasteiger partial charge in [0.25, 0.3) is 5.91 Å². The first-order valence-corrected chi connectivity index (χ1v) is 8.94. The molecule has 0 aliphatic carbocycles. The molecule has 2 aromatic carbocycles. The summed E-state index contributed by atoms with van der Waals surface area (Å²) in [4.78, 5) is 26.6. The number of carbonyl (C=O) groups excluding carboxylic acids is 2. The molecule has 1 atom stereocenters. The van der Waals surface area contributed by atoms with Crippen LogP contribution in [0.15, 0.2) is 48.5 Å². The number of nitrogens with one attached hydrogen (secondary N) is 1. The van der Waals surface area contributed by atoms with Gasteiger partial charge in [0.05, 0.1) is 5.56 Å². The minimum atomic E-state index is -0.927. The Morgan fingerprint density at radius 3 is 2.35 bits per heavy atom. The third-order valence-electron chi connectivity index (χ3n) is 3.98. The van der Waals surface area contributed by atoms with Gasteiger partial charge in [-0.1, -0.05) is 17.7 Å². The maximum Gasteiger partial charge on any atom is 0.338 e. The zero-order chi connectivity index (χ0) is 19.1. The summed E-state index contributed by atoms with van der Waals surface area (Å²) in [6.07, 6.45) is -0.927. The van der Waals surface area contributed by atoms with Crippen molar-refractivity contribution < 1.29 is 14.3 Å². The number of halogens is 1. The van der Waals surface area contributed by atoms with Crippen LogP contribution in [0.2, 0.25) is 5.02 Å². The zero-order valence-corrected chi connectivity index (χ0v) is 15.9. The Bertz CT molecular complexity index is 758. The quantitative estimate of drug-likeness (QED) is 0.731. The van der Waals surface area contributed by atoms with Crippen molar-refractivity contribution in [3.8, 4) is 0 Å². The average molecular weight is 375 g/mol. The van der Waals surface area contributed by atoms with Crippen molar-refractivity contribution >= 4 is 34.9 Å². The van der Waals surface area contributed by atoms with E-state index in [-0.39, 0.29) is 0 Å². The monoisotopic (exact) mass is 374 g/mol. The summed E-state index contributed by atoms with van der Waals surface area (Å²) < 4.78 is 5.26. The van der Waals surface area contributed by atoms with E-state index in [2.05, 4.69) is 24.1 Å². The van der Waals surface area contributed by atoms with E-state index in [0.717, 1.165) is 18.8 Å². The summed E-state index contributed by atoms with van der Waals surface area (Å²) in [5, 5.41) is 3.19. The van der Waals surface area contributed by atoms with E-state index in [4.69, 9.17) is 16.3 Å². The Balaban J connectivity index is 1.96. The molecule has 0 aliphatic heterocycles. The number of esters is 1. The number of anilines is 2. The van der Waals surface area contributed by atoms with Crippen molar-refractivity contribution in [3.05, 3.63) is 59.1 Å². The highest BCUT2D eigenvalue weighted by atomic mass is 35.5. The van der Waals surface area contributed by atoms with Gasteiger partial charge in [-0.15, -0.1) is 0 Å². The Kier molecular flexibility index (Phi) is 7.04. The van der Waals surface area contributed by atoms with Gasteiger partial charge in [-0.2, -0.15) is 0 Å². The zero-order valence-electron chi connectivity index (χ0n) is 15.2. The van der Waals surface area contributed by atoms with Gasteiger partial charge >= 0.3 is 5.97 Å². The first-order valence-electron chi connectivity index (χ1n) is 8.57. The van der Waals surface area contributed by atoms with Crippen LogP contribution in [0.5, 0.6) is 0 Å². The summed E-state index contributed by atoms with van der Waals surface area (Å²) in [7, 11) is 0. The highest BCUT2D eigenvalue weighted by molar-refractivity contribution is 6.30. The molecule has 6 heteroatoms. The minimum absolute atomic E-state index is 0.406. The molecule has 1 N–H and O–H groups in total. The van der Waals surface area contributed by atoms with Crippen LogP contribution in [0.4, 0.5) is 11.4 Å². The summed E-state index contributed by atoms with van der Waals surface area (Å²) in [6.45, 7) is 7.46. The average Bonchev–Trinajstić information content (AvgIpc) is 2.63. The number of benzene rings is 2. The largest absolute Gasteiger partial charge is 0.449 e. The summed E-state index contributed by atoms with van der Waals surface area (Å²) in [6, 6.07) is 13.9. The van der Waals surface area contributed by atoms with Gasteiger partial charge in [0.1, 0.15) is 0 Å². The molecule has 2 aromatic rings. The van der Waals surface area contributed by atoms with Gasteiger partial charge in [0.2, 0.25) is 0 Å².